The van der Waals surface area contributed by atoms with Crippen LogP contribution in [0.4, 0.5) is 5.69 Å². The second kappa shape index (κ2) is 15.6. The zero-order chi connectivity index (χ0) is 36.9. The van der Waals surface area contributed by atoms with Gasteiger partial charge in [-0.15, -0.1) is 0 Å². The van der Waals surface area contributed by atoms with Crippen LogP contribution in [-0.2, 0) is 11.8 Å². The van der Waals surface area contributed by atoms with Gasteiger partial charge >= 0.3 is 0 Å². The maximum Gasteiger partial charge on any atom is 0.0530 e. The third-order valence-electron chi connectivity index (χ3n) is 10.2. The molecule has 4 aromatic rings. The Labute approximate surface area is 312 Å². The highest BCUT2D eigenvalue weighted by molar-refractivity contribution is 5.89. The molecular formula is C51H55N. The Morgan fingerprint density at radius 2 is 1.48 bits per heavy atom. The van der Waals surface area contributed by atoms with Crippen LogP contribution in [0.25, 0.3) is 28.1 Å². The molecule has 264 valence electrons. The average molecular weight is 682 g/mol. The molecule has 52 heavy (non-hydrogen) atoms. The Kier molecular flexibility index (Phi) is 11.0. The predicted octanol–water partition coefficient (Wildman–Crippen LogP) is 11.4. The first-order valence-corrected chi connectivity index (χ1v) is 18.9. The first kappa shape index (κ1) is 36.6. The standard InChI is InChI=1S/C51H55N/c1-9-41(50(3,4)5)23-18-34-52(43-32-30-42(31-33-43)51(6,7)8)49-27-13-11-10-12-24-45(44-25-14-15-26-46(44)49)48-35-37(2)19-16-20-38-21-17-22-39-28-29-40(48)36-47(38)39/h9,12-16,18-20,22-36H,1,10-11,17,21H2,2-8H3/b19-16?,20-16?,24-12+,27-13+,34-18+,37-19?,37-35?,38-20?,41-23+,45-44+,48-35?,48-40?,49-46+. The van der Waals surface area contributed by atoms with E-state index < -0.39 is 0 Å². The summed E-state index contributed by atoms with van der Waals surface area (Å²) >= 11 is 0. The summed E-state index contributed by atoms with van der Waals surface area (Å²) in [6.07, 6.45) is 24.4. The van der Waals surface area contributed by atoms with Crippen LogP contribution in [-0.4, -0.2) is 0 Å². The molecule has 0 radical (unpaired) electrons. The van der Waals surface area contributed by atoms with E-state index in [1.165, 1.54) is 59.8 Å². The summed E-state index contributed by atoms with van der Waals surface area (Å²) in [4.78, 5) is 2.36. The Morgan fingerprint density at radius 1 is 0.750 bits per heavy atom. The van der Waals surface area contributed by atoms with Gasteiger partial charge in [-0.25, -0.2) is 0 Å². The number of benzene rings is 3. The molecule has 0 amide bonds. The van der Waals surface area contributed by atoms with Crippen molar-refractivity contribution < 1.29 is 0 Å². The highest BCUT2D eigenvalue weighted by Crippen LogP contribution is 2.29. The van der Waals surface area contributed by atoms with Crippen LogP contribution in [0.2, 0.25) is 0 Å². The van der Waals surface area contributed by atoms with E-state index in [0.29, 0.717) is 0 Å². The number of hydrogen-bond acceptors (Lipinski definition) is 1. The first-order valence-electron chi connectivity index (χ1n) is 18.9. The molecule has 6 rings (SSSR count). The molecule has 0 fully saturated rings. The summed E-state index contributed by atoms with van der Waals surface area (Å²) in [7, 11) is 0. The van der Waals surface area contributed by atoms with Crippen LogP contribution in [0.5, 0.6) is 0 Å². The molecule has 0 unspecified atom stereocenters. The van der Waals surface area contributed by atoms with Gasteiger partial charge in [0, 0.05) is 17.1 Å². The fraction of sp³-hybridized carbons (Fsp3) is 0.255. The largest absolute Gasteiger partial charge is 0.317 e. The molecule has 0 N–H and O–H groups in total. The van der Waals surface area contributed by atoms with Gasteiger partial charge in [-0.2, -0.15) is 0 Å². The lowest BCUT2D eigenvalue weighted by atomic mass is 9.86. The zero-order valence-corrected chi connectivity index (χ0v) is 32.3. The lowest BCUT2D eigenvalue weighted by Gasteiger charge is -2.25. The van der Waals surface area contributed by atoms with Gasteiger partial charge in [0.05, 0.1) is 5.70 Å². The number of nitrogens with zero attached hydrogens (tertiary/aromatic N) is 1. The molecule has 0 aliphatic heterocycles. The van der Waals surface area contributed by atoms with Gasteiger partial charge in [-0.1, -0.05) is 163 Å². The van der Waals surface area contributed by atoms with Crippen LogP contribution < -0.4 is 20.6 Å². The fourth-order valence-corrected chi connectivity index (χ4v) is 7.22. The summed E-state index contributed by atoms with van der Waals surface area (Å²) in [5, 5.41) is 6.33. The van der Waals surface area contributed by atoms with Crippen molar-refractivity contribution in [3.05, 3.63) is 190 Å². The molecule has 0 heterocycles. The highest BCUT2D eigenvalue weighted by Gasteiger charge is 2.17. The number of allylic oxidation sites excluding steroid dienone is 7. The van der Waals surface area contributed by atoms with E-state index in [9.17, 15) is 0 Å². The average Bonchev–Trinajstić information content (AvgIpc) is 3.12. The van der Waals surface area contributed by atoms with E-state index in [-0.39, 0.29) is 10.8 Å². The second-order valence-corrected chi connectivity index (χ2v) is 16.2. The molecule has 0 saturated carbocycles. The number of rotatable bonds is 6. The van der Waals surface area contributed by atoms with E-state index in [4.69, 9.17) is 0 Å². The summed E-state index contributed by atoms with van der Waals surface area (Å²) in [6.45, 7) is 19.9. The van der Waals surface area contributed by atoms with Crippen molar-refractivity contribution in [1.29, 1.82) is 0 Å². The molecule has 2 aliphatic rings. The van der Waals surface area contributed by atoms with Gasteiger partial charge in [0.1, 0.15) is 0 Å². The normalized spacial score (nSPS) is 18.2. The minimum atomic E-state index is -0.00363. The summed E-state index contributed by atoms with van der Waals surface area (Å²) < 4.78 is 0. The van der Waals surface area contributed by atoms with Crippen LogP contribution in [0.1, 0.15) is 83.1 Å². The third kappa shape index (κ3) is 8.32. The van der Waals surface area contributed by atoms with Crippen molar-refractivity contribution in [2.45, 2.75) is 79.6 Å². The predicted molar refractivity (Wildman–Crippen MR) is 228 cm³/mol. The summed E-state index contributed by atoms with van der Waals surface area (Å²) in [6, 6.07) is 34.3. The topological polar surface area (TPSA) is 3.24 Å². The van der Waals surface area contributed by atoms with Crippen molar-refractivity contribution >= 4 is 33.8 Å². The Hall–Kier alpha value is -5.14. The monoisotopic (exact) mass is 681 g/mol. The Bertz CT molecular complexity index is 2320. The van der Waals surface area contributed by atoms with Crippen molar-refractivity contribution in [1.82, 2.24) is 0 Å². The van der Waals surface area contributed by atoms with Crippen molar-refractivity contribution in [2.75, 3.05) is 4.90 Å². The number of hydrogen-bond donors (Lipinski definition) is 0. The lowest BCUT2D eigenvalue weighted by molar-refractivity contribution is 0.517. The SMILES string of the molecule is C=C/C(=C\C=C\N(C1=c2\cccc\c2=C(c2cc(C)cccc3c4cc2ccc4=CCC3)\C=C\CC\C=C\1)c1ccc(C(C)(C)C)cc1)C(C)(C)C. The van der Waals surface area contributed by atoms with E-state index in [0.717, 1.165) is 37.1 Å². The Morgan fingerprint density at radius 3 is 2.19 bits per heavy atom. The molecule has 1 nitrogen and oxygen atoms in total. The van der Waals surface area contributed by atoms with Crippen LogP contribution in [0, 0.1) is 12.3 Å². The zero-order valence-electron chi connectivity index (χ0n) is 32.3. The minimum absolute atomic E-state index is 0.00363. The van der Waals surface area contributed by atoms with Crippen molar-refractivity contribution in [2.24, 2.45) is 5.41 Å². The quantitative estimate of drug-likeness (QED) is 0.183. The van der Waals surface area contributed by atoms with E-state index >= 15 is 0 Å². The van der Waals surface area contributed by atoms with Gasteiger partial charge in [0.25, 0.3) is 0 Å². The molecule has 0 aromatic heterocycles. The van der Waals surface area contributed by atoms with E-state index in [2.05, 4.69) is 200 Å². The van der Waals surface area contributed by atoms with Gasteiger partial charge in [0.2, 0.25) is 0 Å². The smallest absolute Gasteiger partial charge is 0.0530 e. The Balaban J connectivity index is 1.72. The van der Waals surface area contributed by atoms with Crippen LogP contribution >= 0.6 is 0 Å². The molecule has 2 aliphatic carbocycles. The summed E-state index contributed by atoms with van der Waals surface area (Å²) in [5.41, 5.74) is 9.96. The first-order chi connectivity index (χ1) is 24.9. The molecule has 0 atom stereocenters. The maximum atomic E-state index is 4.13. The third-order valence-corrected chi connectivity index (χ3v) is 10.2. The van der Waals surface area contributed by atoms with Gasteiger partial charge in [0.15, 0.2) is 0 Å². The van der Waals surface area contributed by atoms with Crippen molar-refractivity contribution in [3.8, 4) is 0 Å². The van der Waals surface area contributed by atoms with Crippen LogP contribution in [0.15, 0.2) is 152 Å². The number of aryl methyl sites for hydroxylation is 2. The van der Waals surface area contributed by atoms with E-state index in [1.54, 1.807) is 0 Å². The van der Waals surface area contributed by atoms with Gasteiger partial charge in [-0.3, -0.25) is 0 Å². The number of anilines is 1. The molecule has 4 aromatic carbocycles. The number of fused-ring (bicyclic) bond motifs is 2. The molecular weight excluding hydrogens is 627 g/mol. The molecule has 0 saturated heterocycles. The highest BCUT2D eigenvalue weighted by atomic mass is 15.1. The minimum Gasteiger partial charge on any atom is -0.317 e. The van der Waals surface area contributed by atoms with Crippen LogP contribution in [0.3, 0.4) is 0 Å². The maximum absolute atomic E-state index is 4.13. The lowest BCUT2D eigenvalue weighted by Crippen LogP contribution is -2.33. The molecule has 2 bridgehead atoms. The summed E-state index contributed by atoms with van der Waals surface area (Å²) in [5.74, 6) is 0. The van der Waals surface area contributed by atoms with Gasteiger partial charge < -0.3 is 4.90 Å². The van der Waals surface area contributed by atoms with Gasteiger partial charge in [-0.05, 0) is 123 Å². The fourth-order valence-electron chi connectivity index (χ4n) is 7.22. The molecule has 0 spiro atoms. The van der Waals surface area contributed by atoms with E-state index in [1.807, 2.05) is 6.08 Å². The molecule has 1 heteroatoms. The second-order valence-electron chi connectivity index (χ2n) is 16.2. The van der Waals surface area contributed by atoms with Crippen molar-refractivity contribution in [3.63, 3.8) is 0 Å².